The summed E-state index contributed by atoms with van der Waals surface area (Å²) >= 11 is 0. The maximum atomic E-state index is 10.1. The van der Waals surface area contributed by atoms with Gasteiger partial charge in [0.25, 0.3) is 0 Å². The quantitative estimate of drug-likeness (QED) is 0.621. The molecular formula is C9H13NO3. The Kier molecular flexibility index (Phi) is 6.27. The summed E-state index contributed by atoms with van der Waals surface area (Å²) in [5.74, 6) is 0. The van der Waals surface area contributed by atoms with Crippen molar-refractivity contribution < 1.29 is 15.0 Å². The molecule has 0 radical (unpaired) electrons. The van der Waals surface area contributed by atoms with Gasteiger partial charge in [-0.05, 0) is 19.1 Å². The number of hydrogen-bond acceptors (Lipinski definition) is 2. The van der Waals surface area contributed by atoms with Gasteiger partial charge < -0.3 is 10.2 Å². The Balaban J connectivity index is 0.000000424. The van der Waals surface area contributed by atoms with Crippen LogP contribution in [0.4, 0.5) is 10.5 Å². The van der Waals surface area contributed by atoms with Gasteiger partial charge in [0.15, 0.2) is 0 Å². The number of nitrogens with one attached hydrogen (secondary N) is 1. The molecule has 0 saturated heterocycles. The number of rotatable bonds is 1. The summed E-state index contributed by atoms with van der Waals surface area (Å²) in [5.41, 5.74) is 0.593. The second-order valence-electron chi connectivity index (χ2n) is 2.11. The van der Waals surface area contributed by atoms with Gasteiger partial charge in [0.2, 0.25) is 0 Å². The van der Waals surface area contributed by atoms with Crippen molar-refractivity contribution in [3.05, 3.63) is 30.3 Å². The van der Waals surface area contributed by atoms with Crippen LogP contribution in [0.15, 0.2) is 30.3 Å². The lowest BCUT2D eigenvalue weighted by Gasteiger charge is -1.96. The summed E-state index contributed by atoms with van der Waals surface area (Å²) < 4.78 is 0. The van der Waals surface area contributed by atoms with Gasteiger partial charge in [0.1, 0.15) is 0 Å². The van der Waals surface area contributed by atoms with Crippen molar-refractivity contribution in [1.82, 2.24) is 0 Å². The maximum Gasteiger partial charge on any atom is 0.409 e. The third kappa shape index (κ3) is 6.83. The number of para-hydroxylation sites is 1. The predicted octanol–water partition coefficient (Wildman–Crippen LogP) is 1.78. The molecule has 0 heterocycles. The van der Waals surface area contributed by atoms with Crippen molar-refractivity contribution in [1.29, 1.82) is 0 Å². The van der Waals surface area contributed by atoms with E-state index in [-0.39, 0.29) is 6.61 Å². The van der Waals surface area contributed by atoms with E-state index < -0.39 is 6.09 Å². The second kappa shape index (κ2) is 7.12. The van der Waals surface area contributed by atoms with Crippen molar-refractivity contribution >= 4 is 11.8 Å². The van der Waals surface area contributed by atoms with Gasteiger partial charge in [-0.15, -0.1) is 0 Å². The number of carboxylic acid groups (broad SMARTS) is 1. The number of anilines is 1. The molecule has 0 fully saturated rings. The minimum Gasteiger partial charge on any atom is -0.465 e. The molecule has 0 aliphatic rings. The average molecular weight is 183 g/mol. The standard InChI is InChI=1S/C7H7NO2.C2H6O/c9-7(10)8-6-4-2-1-3-5-6;1-2-3/h1-5,8H,(H,9,10);3H,2H2,1H3. The number of benzene rings is 1. The summed E-state index contributed by atoms with van der Waals surface area (Å²) in [4.78, 5) is 10.1. The lowest BCUT2D eigenvalue weighted by Crippen LogP contribution is -2.06. The SMILES string of the molecule is CCO.O=C(O)Nc1ccccc1. The average Bonchev–Trinajstić information content (AvgIpc) is 2.06. The van der Waals surface area contributed by atoms with Gasteiger partial charge in [0, 0.05) is 12.3 Å². The molecule has 0 spiro atoms. The molecule has 0 atom stereocenters. The second-order valence-corrected chi connectivity index (χ2v) is 2.11. The molecular weight excluding hydrogens is 170 g/mol. The molecule has 1 aromatic carbocycles. The summed E-state index contributed by atoms with van der Waals surface area (Å²) in [6.45, 7) is 1.93. The molecule has 3 N–H and O–H groups in total. The van der Waals surface area contributed by atoms with Crippen LogP contribution in [0, 0.1) is 0 Å². The molecule has 0 saturated carbocycles. The fourth-order valence-corrected chi connectivity index (χ4v) is 0.645. The molecule has 72 valence electrons. The number of carbonyl (C=O) groups is 1. The number of aliphatic hydroxyl groups is 1. The van der Waals surface area contributed by atoms with Crippen LogP contribution in [0.3, 0.4) is 0 Å². The van der Waals surface area contributed by atoms with Gasteiger partial charge >= 0.3 is 6.09 Å². The van der Waals surface area contributed by atoms with Gasteiger partial charge in [-0.1, -0.05) is 18.2 Å². The first-order valence-corrected chi connectivity index (χ1v) is 3.86. The Hall–Kier alpha value is -1.55. The first kappa shape index (κ1) is 11.4. The van der Waals surface area contributed by atoms with Crippen LogP contribution in [0.5, 0.6) is 0 Å². The zero-order valence-electron chi connectivity index (χ0n) is 7.40. The first-order valence-electron chi connectivity index (χ1n) is 3.86. The lowest BCUT2D eigenvalue weighted by molar-refractivity contribution is 0.210. The largest absolute Gasteiger partial charge is 0.465 e. The zero-order chi connectivity index (χ0) is 10.1. The van der Waals surface area contributed by atoms with Crippen LogP contribution in [0.2, 0.25) is 0 Å². The van der Waals surface area contributed by atoms with Gasteiger partial charge in [-0.25, -0.2) is 4.79 Å². The van der Waals surface area contributed by atoms with Crippen LogP contribution in [-0.2, 0) is 0 Å². The van der Waals surface area contributed by atoms with E-state index in [0.717, 1.165) is 0 Å². The van der Waals surface area contributed by atoms with Gasteiger partial charge in [-0.3, -0.25) is 5.32 Å². The van der Waals surface area contributed by atoms with E-state index >= 15 is 0 Å². The summed E-state index contributed by atoms with van der Waals surface area (Å²) in [6, 6.07) is 8.74. The smallest absolute Gasteiger partial charge is 0.409 e. The molecule has 13 heavy (non-hydrogen) atoms. The molecule has 4 nitrogen and oxygen atoms in total. The van der Waals surface area contributed by atoms with E-state index in [1.54, 1.807) is 31.2 Å². The minimum absolute atomic E-state index is 0.250. The molecule has 0 unspecified atom stereocenters. The molecule has 4 heteroatoms. The van der Waals surface area contributed by atoms with Crippen molar-refractivity contribution in [2.75, 3.05) is 11.9 Å². The van der Waals surface area contributed by atoms with E-state index in [1.807, 2.05) is 6.07 Å². The fourth-order valence-electron chi connectivity index (χ4n) is 0.645. The van der Waals surface area contributed by atoms with E-state index in [9.17, 15) is 4.79 Å². The summed E-state index contributed by atoms with van der Waals surface area (Å²) in [7, 11) is 0. The van der Waals surface area contributed by atoms with Crippen molar-refractivity contribution in [3.63, 3.8) is 0 Å². The minimum atomic E-state index is -1.04. The number of amides is 1. The number of aliphatic hydroxyl groups excluding tert-OH is 1. The predicted molar refractivity (Wildman–Crippen MR) is 50.8 cm³/mol. The Labute approximate surface area is 76.8 Å². The molecule has 0 aromatic heterocycles. The molecule has 0 aliphatic carbocycles. The number of hydrogen-bond donors (Lipinski definition) is 3. The van der Waals surface area contributed by atoms with Gasteiger partial charge in [-0.2, -0.15) is 0 Å². The van der Waals surface area contributed by atoms with Crippen LogP contribution in [0.25, 0.3) is 0 Å². The fraction of sp³-hybridized carbons (Fsp3) is 0.222. The van der Waals surface area contributed by atoms with Crippen LogP contribution < -0.4 is 5.32 Å². The molecule has 0 aliphatic heterocycles. The zero-order valence-corrected chi connectivity index (χ0v) is 7.40. The first-order chi connectivity index (χ1) is 6.20. The Morgan fingerprint density at radius 2 is 1.85 bits per heavy atom. The highest BCUT2D eigenvalue weighted by molar-refractivity contribution is 5.82. The molecule has 1 aromatic rings. The van der Waals surface area contributed by atoms with Crippen LogP contribution >= 0.6 is 0 Å². The monoisotopic (exact) mass is 183 g/mol. The van der Waals surface area contributed by atoms with Crippen molar-refractivity contribution in [2.45, 2.75) is 6.92 Å². The molecule has 1 rings (SSSR count). The topological polar surface area (TPSA) is 69.6 Å². The third-order valence-electron chi connectivity index (χ3n) is 1.03. The maximum absolute atomic E-state index is 10.1. The summed E-state index contributed by atoms with van der Waals surface area (Å²) in [6.07, 6.45) is -1.04. The highest BCUT2D eigenvalue weighted by Gasteiger charge is 1.92. The van der Waals surface area contributed by atoms with Crippen molar-refractivity contribution in [2.24, 2.45) is 0 Å². The van der Waals surface area contributed by atoms with Crippen LogP contribution in [0.1, 0.15) is 6.92 Å². The Morgan fingerprint density at radius 3 is 2.23 bits per heavy atom. The lowest BCUT2D eigenvalue weighted by atomic mass is 10.3. The molecule has 0 bridgehead atoms. The van der Waals surface area contributed by atoms with Crippen molar-refractivity contribution in [3.8, 4) is 0 Å². The highest BCUT2D eigenvalue weighted by Crippen LogP contribution is 2.03. The van der Waals surface area contributed by atoms with E-state index in [2.05, 4.69) is 5.32 Å². The Bertz CT molecular complexity index is 236. The third-order valence-corrected chi connectivity index (χ3v) is 1.03. The van der Waals surface area contributed by atoms with Crippen LogP contribution in [-0.4, -0.2) is 22.9 Å². The highest BCUT2D eigenvalue weighted by atomic mass is 16.4. The Morgan fingerprint density at radius 1 is 1.38 bits per heavy atom. The summed E-state index contributed by atoms with van der Waals surface area (Å²) in [5, 5.41) is 18.0. The van der Waals surface area contributed by atoms with E-state index in [1.165, 1.54) is 0 Å². The normalized spacial score (nSPS) is 8.15. The van der Waals surface area contributed by atoms with Gasteiger partial charge in [0.05, 0.1) is 0 Å². The van der Waals surface area contributed by atoms with E-state index in [0.29, 0.717) is 5.69 Å². The molecule has 1 amide bonds. The van der Waals surface area contributed by atoms with E-state index in [4.69, 9.17) is 10.2 Å².